The lowest BCUT2D eigenvalue weighted by Gasteiger charge is -2.13. The number of nitrogens with zero attached hydrogens (tertiary/aromatic N) is 2. The van der Waals surface area contributed by atoms with E-state index in [0.717, 1.165) is 12.5 Å². The Bertz CT molecular complexity index is 770. The fourth-order valence-electron chi connectivity index (χ4n) is 2.44. The first-order valence-corrected chi connectivity index (χ1v) is 10.2. The highest BCUT2D eigenvalue weighted by Gasteiger charge is 2.05. The molecule has 0 fully saturated rings. The van der Waals surface area contributed by atoms with Crippen molar-refractivity contribution in [2.24, 2.45) is 4.99 Å². The summed E-state index contributed by atoms with van der Waals surface area (Å²) in [6.45, 7) is 6.59. The van der Waals surface area contributed by atoms with Crippen LogP contribution in [0.25, 0.3) is 0 Å². The van der Waals surface area contributed by atoms with Gasteiger partial charge in [0.2, 0.25) is 0 Å². The topological polar surface area (TPSA) is 78.4 Å². The van der Waals surface area contributed by atoms with Gasteiger partial charge in [-0.25, -0.2) is 4.99 Å². The number of carbonyl (C=O) groups excluding carboxylic acids is 1. The second-order valence-electron chi connectivity index (χ2n) is 5.93. The Morgan fingerprint density at radius 1 is 1.18 bits per heavy atom. The molecular weight excluding hydrogens is 485 g/mol. The number of aliphatic imine (C=N–C) groups is 1. The smallest absolute Gasteiger partial charge is 0.252 e. The molecule has 1 amide bonds. The summed E-state index contributed by atoms with van der Waals surface area (Å²) in [5, 5.41) is 9.35. The molecule has 3 N–H and O–H groups in total. The zero-order valence-electron chi connectivity index (χ0n) is 16.5. The van der Waals surface area contributed by atoms with E-state index in [9.17, 15) is 4.79 Å². The maximum absolute atomic E-state index is 12.0. The Morgan fingerprint density at radius 3 is 2.64 bits per heavy atom. The summed E-state index contributed by atoms with van der Waals surface area (Å²) in [5.74, 6) is 0.608. The Hall–Kier alpha value is -1.81. The number of halogens is 1. The molecule has 0 aliphatic rings. The number of amides is 1. The van der Waals surface area contributed by atoms with Crippen LogP contribution in [0.3, 0.4) is 0 Å². The van der Waals surface area contributed by atoms with Gasteiger partial charge >= 0.3 is 0 Å². The van der Waals surface area contributed by atoms with Gasteiger partial charge in [0.05, 0.1) is 12.1 Å². The highest BCUT2D eigenvalue weighted by molar-refractivity contribution is 14.0. The normalized spacial score (nSPS) is 10.8. The molecule has 0 spiro atoms. The summed E-state index contributed by atoms with van der Waals surface area (Å²) >= 11 is 1.73. The molecule has 0 saturated heterocycles. The minimum atomic E-state index is -0.129. The van der Waals surface area contributed by atoms with Crippen LogP contribution in [0.4, 0.5) is 0 Å². The predicted octanol–water partition coefficient (Wildman–Crippen LogP) is 3.22. The Morgan fingerprint density at radius 2 is 1.96 bits per heavy atom. The Labute approximate surface area is 188 Å². The number of carbonyl (C=O) groups is 1. The lowest BCUT2D eigenvalue weighted by Crippen LogP contribution is -2.41. The molecule has 0 unspecified atom stereocenters. The maximum atomic E-state index is 12.0. The first-order valence-electron chi connectivity index (χ1n) is 8.98. The van der Waals surface area contributed by atoms with Gasteiger partial charge in [0, 0.05) is 36.9 Å². The number of hydrogen-bond donors (Lipinski definition) is 3. The van der Waals surface area contributed by atoms with E-state index in [1.165, 1.54) is 16.0 Å². The summed E-state index contributed by atoms with van der Waals surface area (Å²) in [5.41, 5.74) is 3.01. The standard InChI is InChI=1S/C20H27N5OS.HI/c1-4-22-20(25-14-16-8-7-15(2)12-18(16)27-3)24-11-10-23-19(26)17-6-5-9-21-13-17;/h5-9,12-13H,4,10-11,14H2,1-3H3,(H,23,26)(H2,22,24,25);1H. The van der Waals surface area contributed by atoms with E-state index in [1.807, 2.05) is 6.92 Å². The lowest BCUT2D eigenvalue weighted by molar-refractivity contribution is 0.0954. The molecule has 28 heavy (non-hydrogen) atoms. The molecule has 0 atom stereocenters. The first kappa shape index (κ1) is 24.2. The van der Waals surface area contributed by atoms with Crippen LogP contribution >= 0.6 is 35.7 Å². The number of aryl methyl sites for hydroxylation is 1. The molecule has 152 valence electrons. The molecule has 2 rings (SSSR count). The fraction of sp³-hybridized carbons (Fsp3) is 0.350. The van der Waals surface area contributed by atoms with Crippen molar-refractivity contribution >= 4 is 47.6 Å². The van der Waals surface area contributed by atoms with Crippen LogP contribution in [-0.2, 0) is 6.54 Å². The molecule has 1 aromatic carbocycles. The first-order chi connectivity index (χ1) is 13.1. The van der Waals surface area contributed by atoms with Crippen molar-refractivity contribution in [2.75, 3.05) is 25.9 Å². The van der Waals surface area contributed by atoms with Crippen molar-refractivity contribution in [1.82, 2.24) is 20.9 Å². The van der Waals surface area contributed by atoms with E-state index in [2.05, 4.69) is 57.3 Å². The minimum Gasteiger partial charge on any atom is -0.357 e. The minimum absolute atomic E-state index is 0. The SMILES string of the molecule is CCNC(=NCc1ccc(C)cc1SC)NCCNC(=O)c1cccnc1.I. The van der Waals surface area contributed by atoms with Gasteiger partial charge in [-0.3, -0.25) is 9.78 Å². The molecule has 8 heteroatoms. The maximum Gasteiger partial charge on any atom is 0.252 e. The van der Waals surface area contributed by atoms with Crippen molar-refractivity contribution in [3.8, 4) is 0 Å². The van der Waals surface area contributed by atoms with Gasteiger partial charge in [0.15, 0.2) is 5.96 Å². The average molecular weight is 513 g/mol. The van der Waals surface area contributed by atoms with Gasteiger partial charge in [0.1, 0.15) is 0 Å². The van der Waals surface area contributed by atoms with E-state index < -0.39 is 0 Å². The number of benzene rings is 1. The zero-order valence-corrected chi connectivity index (χ0v) is 19.6. The summed E-state index contributed by atoms with van der Waals surface area (Å²) in [4.78, 5) is 21.9. The van der Waals surface area contributed by atoms with E-state index in [-0.39, 0.29) is 29.9 Å². The summed E-state index contributed by atoms with van der Waals surface area (Å²) in [6, 6.07) is 9.91. The van der Waals surface area contributed by atoms with E-state index in [0.29, 0.717) is 25.2 Å². The third kappa shape index (κ3) is 8.05. The number of thioether (sulfide) groups is 1. The molecule has 0 bridgehead atoms. The molecule has 1 aromatic heterocycles. The number of aromatic nitrogens is 1. The van der Waals surface area contributed by atoms with Crippen LogP contribution in [0.2, 0.25) is 0 Å². The van der Waals surface area contributed by atoms with E-state index >= 15 is 0 Å². The van der Waals surface area contributed by atoms with Crippen LogP contribution in [0, 0.1) is 6.92 Å². The van der Waals surface area contributed by atoms with Gasteiger partial charge in [-0.15, -0.1) is 35.7 Å². The molecule has 1 heterocycles. The molecule has 2 aromatic rings. The summed E-state index contributed by atoms with van der Waals surface area (Å²) < 4.78 is 0. The van der Waals surface area contributed by atoms with Crippen LogP contribution in [0.5, 0.6) is 0 Å². The second-order valence-corrected chi connectivity index (χ2v) is 6.78. The number of pyridine rings is 1. The highest BCUT2D eigenvalue weighted by Crippen LogP contribution is 2.22. The van der Waals surface area contributed by atoms with Gasteiger partial charge in [-0.2, -0.15) is 0 Å². The lowest BCUT2D eigenvalue weighted by atomic mass is 10.1. The van der Waals surface area contributed by atoms with Crippen molar-refractivity contribution in [2.45, 2.75) is 25.3 Å². The molecule has 0 radical (unpaired) electrons. The van der Waals surface area contributed by atoms with Crippen molar-refractivity contribution < 1.29 is 4.79 Å². The van der Waals surface area contributed by atoms with Gasteiger partial charge in [-0.05, 0) is 49.4 Å². The number of hydrogen-bond acceptors (Lipinski definition) is 4. The van der Waals surface area contributed by atoms with Gasteiger partial charge in [-0.1, -0.05) is 12.1 Å². The Balaban J connectivity index is 0.00000392. The quantitative estimate of drug-likeness (QED) is 0.166. The zero-order chi connectivity index (χ0) is 19.5. The molecular formula is C20H28IN5OS. The largest absolute Gasteiger partial charge is 0.357 e. The Kier molecular flexibility index (Phi) is 11.6. The van der Waals surface area contributed by atoms with E-state index in [4.69, 9.17) is 0 Å². The third-order valence-electron chi connectivity index (χ3n) is 3.82. The molecule has 0 saturated carbocycles. The summed E-state index contributed by atoms with van der Waals surface area (Å²) in [6.07, 6.45) is 5.28. The third-order valence-corrected chi connectivity index (χ3v) is 4.64. The second kappa shape index (κ2) is 13.4. The number of guanidine groups is 1. The van der Waals surface area contributed by atoms with Gasteiger partial charge in [0.25, 0.3) is 5.91 Å². The number of rotatable bonds is 8. The molecule has 0 aliphatic heterocycles. The van der Waals surface area contributed by atoms with Crippen molar-refractivity contribution in [3.63, 3.8) is 0 Å². The molecule has 6 nitrogen and oxygen atoms in total. The van der Waals surface area contributed by atoms with Crippen LogP contribution in [0.1, 0.15) is 28.4 Å². The van der Waals surface area contributed by atoms with Crippen LogP contribution < -0.4 is 16.0 Å². The predicted molar refractivity (Wildman–Crippen MR) is 128 cm³/mol. The fourth-order valence-corrected chi connectivity index (χ4v) is 3.14. The highest BCUT2D eigenvalue weighted by atomic mass is 127. The van der Waals surface area contributed by atoms with Gasteiger partial charge < -0.3 is 16.0 Å². The summed E-state index contributed by atoms with van der Waals surface area (Å²) in [7, 11) is 0. The van der Waals surface area contributed by atoms with Crippen LogP contribution in [0.15, 0.2) is 52.6 Å². The van der Waals surface area contributed by atoms with Crippen molar-refractivity contribution in [3.05, 3.63) is 59.4 Å². The monoisotopic (exact) mass is 513 g/mol. The van der Waals surface area contributed by atoms with E-state index in [1.54, 1.807) is 36.3 Å². The number of nitrogens with one attached hydrogen (secondary N) is 3. The van der Waals surface area contributed by atoms with Crippen LogP contribution in [-0.4, -0.2) is 42.7 Å². The average Bonchev–Trinajstić information content (AvgIpc) is 2.70. The van der Waals surface area contributed by atoms with Crippen molar-refractivity contribution in [1.29, 1.82) is 0 Å². The molecule has 0 aliphatic carbocycles.